The predicted octanol–water partition coefficient (Wildman–Crippen LogP) is 4.06. The highest BCUT2D eigenvalue weighted by Crippen LogP contribution is 2.35. The molecule has 0 aliphatic carbocycles. The summed E-state index contributed by atoms with van der Waals surface area (Å²) in [6.45, 7) is 6.29. The summed E-state index contributed by atoms with van der Waals surface area (Å²) in [5.74, 6) is 0.103. The Morgan fingerprint density at radius 3 is 2.51 bits per heavy atom. The number of nitrogens with zero attached hydrogens (tertiary/aromatic N) is 4. The highest BCUT2D eigenvalue weighted by molar-refractivity contribution is 6.12. The van der Waals surface area contributed by atoms with Gasteiger partial charge in [0.2, 0.25) is 0 Å². The number of pyridine rings is 1. The number of carbonyl (C=O) groups excluding carboxylic acids is 1. The Bertz CT molecular complexity index is 1260. The Morgan fingerprint density at radius 2 is 1.84 bits per heavy atom. The molecular weight excluding hydrogens is 485 g/mol. The van der Waals surface area contributed by atoms with Crippen molar-refractivity contribution in [3.05, 3.63) is 47.8 Å². The Morgan fingerprint density at radius 1 is 1.11 bits per heavy atom. The first kappa shape index (κ1) is 25.3. The molecule has 198 valence electrons. The maximum absolute atomic E-state index is 13.1. The number of methoxy groups -OCH3 is 1. The van der Waals surface area contributed by atoms with E-state index < -0.39 is 17.6 Å². The second-order valence-electron chi connectivity index (χ2n) is 9.72. The molecule has 0 radical (unpaired) electrons. The van der Waals surface area contributed by atoms with Crippen molar-refractivity contribution in [2.24, 2.45) is 0 Å². The van der Waals surface area contributed by atoms with Crippen molar-refractivity contribution < 1.29 is 22.7 Å². The number of alkyl halides is 3. The number of hydrogen-bond donors (Lipinski definition) is 2. The molecule has 2 aliphatic rings. The summed E-state index contributed by atoms with van der Waals surface area (Å²) >= 11 is 0. The largest absolute Gasteiger partial charge is 0.495 e. The molecule has 5 rings (SSSR count). The number of anilines is 2. The Labute approximate surface area is 213 Å². The number of halogens is 3. The zero-order valence-electron chi connectivity index (χ0n) is 20.9. The van der Waals surface area contributed by atoms with Crippen LogP contribution in [0.3, 0.4) is 0 Å². The zero-order valence-corrected chi connectivity index (χ0v) is 20.9. The fourth-order valence-electron chi connectivity index (χ4n) is 5.22. The molecule has 37 heavy (non-hydrogen) atoms. The quantitative estimate of drug-likeness (QED) is 0.533. The van der Waals surface area contributed by atoms with Gasteiger partial charge in [-0.3, -0.25) is 9.69 Å². The van der Waals surface area contributed by atoms with Crippen LogP contribution in [0.5, 0.6) is 5.75 Å². The second kappa shape index (κ2) is 10.2. The maximum atomic E-state index is 13.1. The molecule has 0 saturated carbocycles. The van der Waals surface area contributed by atoms with E-state index in [0.717, 1.165) is 70.1 Å². The van der Waals surface area contributed by atoms with Crippen molar-refractivity contribution in [3.63, 3.8) is 0 Å². The van der Waals surface area contributed by atoms with Crippen molar-refractivity contribution in [3.8, 4) is 5.75 Å². The molecule has 4 heterocycles. The minimum absolute atomic E-state index is 0.0858. The molecule has 2 N–H and O–H groups in total. The number of ether oxygens (including phenoxy) is 1. The minimum atomic E-state index is -4.55. The summed E-state index contributed by atoms with van der Waals surface area (Å²) in [5, 5.41) is 2.89. The normalized spacial score (nSPS) is 18.4. The van der Waals surface area contributed by atoms with Gasteiger partial charge in [-0.25, -0.2) is 4.98 Å². The van der Waals surface area contributed by atoms with Crippen molar-refractivity contribution in [1.29, 1.82) is 0 Å². The third-order valence-electron chi connectivity index (χ3n) is 7.40. The highest BCUT2D eigenvalue weighted by Gasteiger charge is 2.32. The number of aromatic nitrogens is 2. The summed E-state index contributed by atoms with van der Waals surface area (Å²) in [4.78, 5) is 26.8. The van der Waals surface area contributed by atoms with Crippen LogP contribution in [0.4, 0.5) is 24.5 Å². The van der Waals surface area contributed by atoms with Gasteiger partial charge < -0.3 is 24.8 Å². The molecule has 3 aromatic rings. The van der Waals surface area contributed by atoms with Crippen molar-refractivity contribution >= 4 is 28.3 Å². The van der Waals surface area contributed by atoms with Gasteiger partial charge in [0.15, 0.2) is 0 Å². The summed E-state index contributed by atoms with van der Waals surface area (Å²) in [6.07, 6.45) is -0.268. The van der Waals surface area contributed by atoms with Crippen molar-refractivity contribution in [2.45, 2.75) is 25.1 Å². The fraction of sp³-hybridized carbons (Fsp3) is 0.462. The first-order chi connectivity index (χ1) is 17.7. The lowest BCUT2D eigenvalue weighted by Crippen LogP contribution is -2.52. The van der Waals surface area contributed by atoms with Crippen molar-refractivity contribution in [2.75, 3.05) is 63.6 Å². The zero-order chi connectivity index (χ0) is 26.2. The summed E-state index contributed by atoms with van der Waals surface area (Å²) < 4.78 is 45.0. The van der Waals surface area contributed by atoms with Gasteiger partial charge in [-0.1, -0.05) is 0 Å². The highest BCUT2D eigenvalue weighted by atomic mass is 19.4. The molecule has 0 unspecified atom stereocenters. The van der Waals surface area contributed by atoms with Gasteiger partial charge >= 0.3 is 6.18 Å². The van der Waals surface area contributed by atoms with E-state index in [1.807, 2.05) is 6.07 Å². The number of H-pyrrole nitrogens is 1. The third kappa shape index (κ3) is 5.37. The van der Waals surface area contributed by atoms with Crippen LogP contribution < -0.4 is 15.0 Å². The number of carbonyl (C=O) groups is 1. The molecule has 11 heteroatoms. The van der Waals surface area contributed by atoms with Gasteiger partial charge in [-0.05, 0) is 38.1 Å². The van der Waals surface area contributed by atoms with Crippen LogP contribution in [-0.2, 0) is 6.18 Å². The van der Waals surface area contributed by atoms with Crippen LogP contribution in [0.2, 0.25) is 0 Å². The predicted molar refractivity (Wildman–Crippen MR) is 136 cm³/mol. The average Bonchev–Trinajstić information content (AvgIpc) is 3.32. The van der Waals surface area contributed by atoms with E-state index in [0.29, 0.717) is 17.5 Å². The summed E-state index contributed by atoms with van der Waals surface area (Å²) in [5.41, 5.74) is 0.848. The van der Waals surface area contributed by atoms with E-state index in [9.17, 15) is 18.0 Å². The molecule has 0 spiro atoms. The molecule has 8 nitrogen and oxygen atoms in total. The maximum Gasteiger partial charge on any atom is 0.417 e. The molecule has 1 amide bonds. The molecule has 2 fully saturated rings. The average molecular weight is 517 g/mol. The number of fused-ring (bicyclic) bond motifs is 1. The first-order valence-electron chi connectivity index (χ1n) is 12.4. The van der Waals surface area contributed by atoms with Gasteiger partial charge in [-0.2, -0.15) is 13.2 Å². The molecule has 2 aromatic heterocycles. The van der Waals surface area contributed by atoms with E-state index in [1.165, 1.54) is 6.20 Å². The monoisotopic (exact) mass is 516 g/mol. The Balaban J connectivity index is 1.27. The van der Waals surface area contributed by atoms with E-state index in [4.69, 9.17) is 4.74 Å². The number of aromatic amines is 1. The minimum Gasteiger partial charge on any atom is -0.495 e. The van der Waals surface area contributed by atoms with Crippen molar-refractivity contribution in [1.82, 2.24) is 19.8 Å². The van der Waals surface area contributed by atoms with E-state index in [-0.39, 0.29) is 16.6 Å². The van der Waals surface area contributed by atoms with Gasteiger partial charge in [0.1, 0.15) is 11.4 Å². The number of rotatable bonds is 5. The Hall–Kier alpha value is -3.31. The molecular formula is C26H31F3N6O2. The van der Waals surface area contributed by atoms with E-state index in [1.54, 1.807) is 19.2 Å². The second-order valence-corrected chi connectivity index (χ2v) is 9.72. The van der Waals surface area contributed by atoms with E-state index >= 15 is 0 Å². The number of hydrogen-bond acceptors (Lipinski definition) is 6. The van der Waals surface area contributed by atoms with Crippen LogP contribution in [0.15, 0.2) is 36.7 Å². The number of nitrogens with one attached hydrogen (secondary N) is 2. The van der Waals surface area contributed by atoms with Crippen LogP contribution in [0.1, 0.15) is 28.8 Å². The lowest BCUT2D eigenvalue weighted by Gasteiger charge is -2.42. The number of likely N-dealkylation sites (N-methyl/N-ethyl adjacent to an activating group) is 1. The molecule has 0 atom stereocenters. The fourth-order valence-corrected chi connectivity index (χ4v) is 5.22. The van der Waals surface area contributed by atoms with Gasteiger partial charge in [0, 0.05) is 74.8 Å². The number of piperidine rings is 1. The van der Waals surface area contributed by atoms with Crippen LogP contribution in [0.25, 0.3) is 11.0 Å². The lowest BCUT2D eigenvalue weighted by atomic mass is 10.0. The third-order valence-corrected chi connectivity index (χ3v) is 7.40. The van der Waals surface area contributed by atoms with Crippen LogP contribution in [-0.4, -0.2) is 85.1 Å². The summed E-state index contributed by atoms with van der Waals surface area (Å²) in [7, 11) is 3.76. The molecule has 1 aromatic carbocycles. The van der Waals surface area contributed by atoms with Gasteiger partial charge in [0.05, 0.1) is 23.9 Å². The van der Waals surface area contributed by atoms with E-state index in [2.05, 4.69) is 37.0 Å². The first-order valence-corrected chi connectivity index (χ1v) is 12.4. The SMILES string of the molecule is COc1cc(NC(=O)c2c[nH]c3ncc(C(F)(F)F)cc23)ccc1N1CCC(N2CCN(C)CC2)CC1. The molecule has 0 bridgehead atoms. The molecule has 2 saturated heterocycles. The van der Waals surface area contributed by atoms with Gasteiger partial charge in [-0.15, -0.1) is 0 Å². The smallest absolute Gasteiger partial charge is 0.417 e. The van der Waals surface area contributed by atoms with Gasteiger partial charge in [0.25, 0.3) is 5.91 Å². The lowest BCUT2D eigenvalue weighted by molar-refractivity contribution is -0.137. The topological polar surface area (TPSA) is 76.7 Å². The number of piperazine rings is 1. The number of amides is 1. The van der Waals surface area contributed by atoms with Crippen LogP contribution in [0, 0.1) is 0 Å². The number of benzene rings is 1. The molecule has 2 aliphatic heterocycles. The Kier molecular flexibility index (Phi) is 7.00. The summed E-state index contributed by atoms with van der Waals surface area (Å²) in [6, 6.07) is 6.98. The standard InChI is InChI=1S/C26H31F3N6O2/c1-33-9-11-34(12-10-33)19-5-7-35(8-6-19)22-4-3-18(14-23(22)37-2)32-25(36)21-16-31-24-20(21)13-17(15-30-24)26(27,28)29/h3-4,13-16,19H,5-12H2,1-2H3,(H,30,31)(H,32,36). The van der Waals surface area contributed by atoms with Crippen LogP contribution >= 0.6 is 0 Å².